The van der Waals surface area contributed by atoms with Crippen LogP contribution in [0.15, 0.2) is 24.2 Å². The monoisotopic (exact) mass is 318 g/mol. The van der Waals surface area contributed by atoms with Crippen LogP contribution in [0.25, 0.3) is 0 Å². The molecule has 1 aromatic rings. The van der Waals surface area contributed by atoms with E-state index >= 15 is 0 Å². The maximum atomic E-state index is 12.1. The van der Waals surface area contributed by atoms with Crippen LogP contribution in [0.1, 0.15) is 30.9 Å². The van der Waals surface area contributed by atoms with E-state index in [0.717, 1.165) is 18.4 Å². The van der Waals surface area contributed by atoms with Crippen LogP contribution in [0.4, 0.5) is 0 Å². The van der Waals surface area contributed by atoms with Gasteiger partial charge in [-0.05, 0) is 18.9 Å². The molecule has 124 valence electrons. The third kappa shape index (κ3) is 3.23. The first kappa shape index (κ1) is 15.6. The summed E-state index contributed by atoms with van der Waals surface area (Å²) < 4.78 is 7.09. The van der Waals surface area contributed by atoms with Gasteiger partial charge in [-0.3, -0.25) is 14.3 Å². The Morgan fingerprint density at radius 1 is 1.48 bits per heavy atom. The summed E-state index contributed by atoms with van der Waals surface area (Å²) in [7, 11) is 3.65. The lowest BCUT2D eigenvalue weighted by molar-refractivity contribution is -0.127. The first-order valence-electron chi connectivity index (χ1n) is 7.91. The minimum absolute atomic E-state index is 0.0323. The molecule has 1 N–H and O–H groups in total. The van der Waals surface area contributed by atoms with Crippen LogP contribution < -0.4 is 5.32 Å². The molecule has 2 aliphatic rings. The first-order valence-corrected chi connectivity index (χ1v) is 7.91. The standard InChI is InChI=1S/C16H22N4O3/c1-19-10-12(9-18-19)15-11(7-14(21)20(15)2)8-17-16(22)13-5-3-4-6-23-13/h5,9-11,15H,3-4,6-8H2,1-2H3,(H,17,22)/t11-,15+/m0/s1. The van der Waals surface area contributed by atoms with Crippen LogP contribution in [-0.2, 0) is 21.4 Å². The summed E-state index contributed by atoms with van der Waals surface area (Å²) in [6.07, 6.45) is 7.76. The number of amides is 2. The van der Waals surface area contributed by atoms with Gasteiger partial charge in [-0.25, -0.2) is 0 Å². The van der Waals surface area contributed by atoms with Gasteiger partial charge < -0.3 is 15.0 Å². The molecule has 1 saturated heterocycles. The number of allylic oxidation sites excluding steroid dienone is 1. The van der Waals surface area contributed by atoms with Gasteiger partial charge in [-0.15, -0.1) is 0 Å². The molecule has 1 fully saturated rings. The van der Waals surface area contributed by atoms with E-state index in [0.29, 0.717) is 25.3 Å². The number of ether oxygens (including phenoxy) is 1. The maximum absolute atomic E-state index is 12.1. The van der Waals surface area contributed by atoms with Crippen molar-refractivity contribution in [3.8, 4) is 0 Å². The zero-order valence-corrected chi connectivity index (χ0v) is 13.5. The summed E-state index contributed by atoms with van der Waals surface area (Å²) in [4.78, 5) is 26.0. The van der Waals surface area contributed by atoms with Gasteiger partial charge in [0.05, 0.1) is 18.8 Å². The van der Waals surface area contributed by atoms with Gasteiger partial charge in [0.25, 0.3) is 5.91 Å². The molecule has 0 unspecified atom stereocenters. The van der Waals surface area contributed by atoms with Crippen molar-refractivity contribution in [2.75, 3.05) is 20.2 Å². The number of aromatic nitrogens is 2. The molecule has 0 spiro atoms. The Kier molecular flexibility index (Phi) is 4.36. The minimum atomic E-state index is -0.198. The molecule has 23 heavy (non-hydrogen) atoms. The fourth-order valence-electron chi connectivity index (χ4n) is 3.25. The lowest BCUT2D eigenvalue weighted by Crippen LogP contribution is -2.34. The van der Waals surface area contributed by atoms with Crippen molar-refractivity contribution in [2.24, 2.45) is 13.0 Å². The predicted molar refractivity (Wildman–Crippen MR) is 83.1 cm³/mol. The van der Waals surface area contributed by atoms with Gasteiger partial charge in [0.1, 0.15) is 0 Å². The van der Waals surface area contributed by atoms with Crippen LogP contribution in [0.2, 0.25) is 0 Å². The van der Waals surface area contributed by atoms with Crippen LogP contribution >= 0.6 is 0 Å². The van der Waals surface area contributed by atoms with Crippen LogP contribution in [0.3, 0.4) is 0 Å². The van der Waals surface area contributed by atoms with Gasteiger partial charge in [0.15, 0.2) is 5.76 Å². The lowest BCUT2D eigenvalue weighted by Gasteiger charge is -2.24. The molecule has 0 aliphatic carbocycles. The summed E-state index contributed by atoms with van der Waals surface area (Å²) in [5.74, 6) is 0.319. The number of carbonyl (C=O) groups is 2. The molecule has 1 aromatic heterocycles. The molecule has 2 atom stereocenters. The van der Waals surface area contributed by atoms with Gasteiger partial charge in [0, 0.05) is 44.7 Å². The average molecular weight is 318 g/mol. The molecule has 3 heterocycles. The summed E-state index contributed by atoms with van der Waals surface area (Å²) in [5, 5.41) is 7.09. The van der Waals surface area contributed by atoms with Crippen LogP contribution in [0, 0.1) is 5.92 Å². The van der Waals surface area contributed by atoms with E-state index in [9.17, 15) is 9.59 Å². The normalized spacial score (nSPS) is 24.3. The number of hydrogen-bond donors (Lipinski definition) is 1. The molecule has 0 bridgehead atoms. The number of rotatable bonds is 4. The number of nitrogens with one attached hydrogen (secondary N) is 1. The zero-order valence-electron chi connectivity index (χ0n) is 13.5. The largest absolute Gasteiger partial charge is 0.488 e. The van der Waals surface area contributed by atoms with Crippen molar-refractivity contribution < 1.29 is 14.3 Å². The highest BCUT2D eigenvalue weighted by molar-refractivity contribution is 5.91. The summed E-state index contributed by atoms with van der Waals surface area (Å²) in [5.41, 5.74) is 0.994. The molecular formula is C16H22N4O3. The van der Waals surface area contributed by atoms with Crippen molar-refractivity contribution in [1.82, 2.24) is 20.0 Å². The first-order chi connectivity index (χ1) is 11.1. The Labute approximate surface area is 135 Å². The maximum Gasteiger partial charge on any atom is 0.286 e. The van der Waals surface area contributed by atoms with Crippen molar-refractivity contribution >= 4 is 11.8 Å². The minimum Gasteiger partial charge on any atom is -0.488 e. The van der Waals surface area contributed by atoms with E-state index in [1.54, 1.807) is 22.8 Å². The van der Waals surface area contributed by atoms with Gasteiger partial charge in [-0.2, -0.15) is 5.10 Å². The highest BCUT2D eigenvalue weighted by Crippen LogP contribution is 2.36. The Morgan fingerprint density at radius 2 is 2.30 bits per heavy atom. The smallest absolute Gasteiger partial charge is 0.286 e. The number of likely N-dealkylation sites (tertiary alicyclic amines) is 1. The van der Waals surface area contributed by atoms with Crippen LogP contribution in [-0.4, -0.2) is 46.7 Å². The molecule has 0 saturated carbocycles. The van der Waals surface area contributed by atoms with Crippen molar-refractivity contribution in [1.29, 1.82) is 0 Å². The van der Waals surface area contributed by atoms with Crippen molar-refractivity contribution in [2.45, 2.75) is 25.3 Å². The average Bonchev–Trinajstić information content (AvgIpc) is 3.09. The fraction of sp³-hybridized carbons (Fsp3) is 0.562. The van der Waals surface area contributed by atoms with E-state index in [-0.39, 0.29) is 23.8 Å². The Hall–Kier alpha value is -2.31. The number of aryl methyl sites for hydroxylation is 1. The molecule has 3 rings (SSSR count). The number of hydrogen-bond acceptors (Lipinski definition) is 4. The van der Waals surface area contributed by atoms with Crippen molar-refractivity contribution in [3.63, 3.8) is 0 Å². The Balaban J connectivity index is 1.67. The second-order valence-corrected chi connectivity index (χ2v) is 6.13. The lowest BCUT2D eigenvalue weighted by atomic mass is 9.95. The molecule has 2 amide bonds. The molecule has 2 aliphatic heterocycles. The van der Waals surface area contributed by atoms with Gasteiger partial charge >= 0.3 is 0 Å². The van der Waals surface area contributed by atoms with E-state index in [1.807, 2.05) is 19.3 Å². The second-order valence-electron chi connectivity index (χ2n) is 6.13. The summed E-state index contributed by atoms with van der Waals surface area (Å²) in [6.45, 7) is 1.03. The van der Waals surface area contributed by atoms with Crippen LogP contribution in [0.5, 0.6) is 0 Å². The fourth-order valence-corrected chi connectivity index (χ4v) is 3.25. The summed E-state index contributed by atoms with van der Waals surface area (Å²) >= 11 is 0. The van der Waals surface area contributed by atoms with E-state index in [2.05, 4.69) is 10.4 Å². The zero-order chi connectivity index (χ0) is 16.4. The molecule has 7 heteroatoms. The quantitative estimate of drug-likeness (QED) is 0.889. The Bertz CT molecular complexity index is 637. The van der Waals surface area contributed by atoms with Crippen molar-refractivity contribution in [3.05, 3.63) is 29.8 Å². The second kappa shape index (κ2) is 6.44. The van der Waals surface area contributed by atoms with E-state index < -0.39 is 0 Å². The van der Waals surface area contributed by atoms with Gasteiger partial charge in [-0.1, -0.05) is 0 Å². The molecule has 0 radical (unpaired) electrons. The number of nitrogens with zero attached hydrogens (tertiary/aromatic N) is 3. The topological polar surface area (TPSA) is 76.5 Å². The highest BCUT2D eigenvalue weighted by Gasteiger charge is 2.39. The molecule has 7 nitrogen and oxygen atoms in total. The van der Waals surface area contributed by atoms with Gasteiger partial charge in [0.2, 0.25) is 5.91 Å². The molecular weight excluding hydrogens is 296 g/mol. The predicted octanol–water partition coefficient (Wildman–Crippen LogP) is 0.750. The molecule has 0 aromatic carbocycles. The van der Waals surface area contributed by atoms with E-state index in [1.165, 1.54) is 0 Å². The Morgan fingerprint density at radius 3 is 2.96 bits per heavy atom. The van der Waals surface area contributed by atoms with E-state index in [4.69, 9.17) is 4.74 Å². The highest BCUT2D eigenvalue weighted by atomic mass is 16.5. The third-order valence-corrected chi connectivity index (χ3v) is 4.44. The summed E-state index contributed by atoms with van der Waals surface area (Å²) in [6, 6.07) is -0.0576. The third-order valence-electron chi connectivity index (χ3n) is 4.44. The SMILES string of the molecule is CN1C(=O)C[C@@H](CNC(=O)C2=CCCCO2)[C@@H]1c1cnn(C)c1. The number of carbonyl (C=O) groups excluding carboxylic acids is 2.